The van der Waals surface area contributed by atoms with E-state index in [1.165, 1.54) is 0 Å². The summed E-state index contributed by atoms with van der Waals surface area (Å²) in [4.78, 5) is 29.3. The maximum Gasteiger partial charge on any atom is 0.311 e. The third-order valence-electron chi connectivity index (χ3n) is 4.48. The fourth-order valence-corrected chi connectivity index (χ4v) is 2.96. The van der Waals surface area contributed by atoms with Crippen LogP contribution in [0, 0.1) is 5.92 Å². The van der Waals surface area contributed by atoms with Gasteiger partial charge in [0.25, 0.3) is 0 Å². The highest BCUT2D eigenvalue weighted by molar-refractivity contribution is 6.30. The molecule has 0 fully saturated rings. The van der Waals surface area contributed by atoms with Crippen molar-refractivity contribution in [1.82, 2.24) is 0 Å². The van der Waals surface area contributed by atoms with Crippen LogP contribution in [0.25, 0.3) is 0 Å². The summed E-state index contributed by atoms with van der Waals surface area (Å²) in [5.41, 5.74) is 2.44. The van der Waals surface area contributed by atoms with Gasteiger partial charge in [0, 0.05) is 10.7 Å². The van der Waals surface area contributed by atoms with Gasteiger partial charge in [0.2, 0.25) is 0 Å². The van der Waals surface area contributed by atoms with Crippen molar-refractivity contribution in [3.8, 4) is 0 Å². The minimum Gasteiger partial charge on any atom is -0.466 e. The number of carbonyl (C=O) groups is 2. The van der Waals surface area contributed by atoms with Gasteiger partial charge in [-0.05, 0) is 36.1 Å². The molecule has 2 rings (SSSR count). The lowest BCUT2D eigenvalue weighted by atomic mass is 10.0. The number of nitrogens with zero attached hydrogens (tertiary/aromatic N) is 1. The predicted molar refractivity (Wildman–Crippen MR) is 119 cm³/mol. The van der Waals surface area contributed by atoms with Gasteiger partial charge in [-0.3, -0.25) is 14.6 Å². The molecule has 0 aliphatic carbocycles. The van der Waals surface area contributed by atoms with Gasteiger partial charge in [-0.25, -0.2) is 0 Å². The number of benzene rings is 2. The average Bonchev–Trinajstić information content (AvgIpc) is 2.72. The molecule has 0 bridgehead atoms. The smallest absolute Gasteiger partial charge is 0.311 e. The minimum atomic E-state index is -0.458. The second-order valence-electron chi connectivity index (χ2n) is 7.17. The molecule has 6 heteroatoms. The zero-order valence-corrected chi connectivity index (χ0v) is 18.4. The first kappa shape index (κ1) is 23.6. The molecule has 1 atom stereocenters. The fraction of sp³-hybridized carbons (Fsp3) is 0.375. The van der Waals surface area contributed by atoms with Crippen LogP contribution in [0.15, 0.2) is 59.6 Å². The van der Waals surface area contributed by atoms with E-state index >= 15 is 0 Å². The van der Waals surface area contributed by atoms with Crippen LogP contribution < -0.4 is 0 Å². The molecule has 0 N–H and O–H groups in total. The van der Waals surface area contributed by atoms with Gasteiger partial charge in [-0.15, -0.1) is 0 Å². The lowest BCUT2D eigenvalue weighted by molar-refractivity contribution is -0.144. The average molecular weight is 430 g/mol. The summed E-state index contributed by atoms with van der Waals surface area (Å²) in [5.74, 6) is -0.667. The Morgan fingerprint density at radius 1 is 0.967 bits per heavy atom. The Bertz CT molecular complexity index is 847. The van der Waals surface area contributed by atoms with Crippen molar-refractivity contribution >= 4 is 29.3 Å². The Balaban J connectivity index is 2.16. The second kappa shape index (κ2) is 12.1. The van der Waals surface area contributed by atoms with E-state index < -0.39 is 6.04 Å². The molecule has 2 aromatic rings. The molecule has 0 aliphatic heterocycles. The van der Waals surface area contributed by atoms with Crippen LogP contribution in [0.3, 0.4) is 0 Å². The molecular weight excluding hydrogens is 402 g/mol. The Labute approximate surface area is 183 Å². The number of ether oxygens (including phenoxy) is 2. The van der Waals surface area contributed by atoms with E-state index in [2.05, 4.69) is 0 Å². The number of hydrogen-bond acceptors (Lipinski definition) is 5. The van der Waals surface area contributed by atoms with Crippen molar-refractivity contribution in [3.63, 3.8) is 0 Å². The summed E-state index contributed by atoms with van der Waals surface area (Å²) in [6.45, 7) is 6.22. The van der Waals surface area contributed by atoms with Crippen molar-refractivity contribution in [3.05, 3.63) is 70.7 Å². The first-order chi connectivity index (χ1) is 14.4. The number of aliphatic imine (C=N–C) groups is 1. The molecule has 0 aromatic heterocycles. The standard InChI is InChI=1S/C24H28ClNO4/c1-4-29-23(27)15-22(19-10-12-20(25)13-11-19)26-21(17(2)3)14-24(28)30-16-18-8-6-5-7-9-18/h5-13,17,22H,4,14-16H2,1-3H3. The molecule has 0 spiro atoms. The van der Waals surface area contributed by atoms with Crippen LogP contribution in [0.5, 0.6) is 0 Å². The maximum atomic E-state index is 12.4. The highest BCUT2D eigenvalue weighted by atomic mass is 35.5. The summed E-state index contributed by atoms with van der Waals surface area (Å²) in [6, 6.07) is 16.2. The molecule has 5 nitrogen and oxygen atoms in total. The lowest BCUT2D eigenvalue weighted by Crippen LogP contribution is -2.18. The van der Waals surface area contributed by atoms with Gasteiger partial charge in [-0.2, -0.15) is 0 Å². The third kappa shape index (κ3) is 7.99. The quantitative estimate of drug-likeness (QED) is 0.366. The van der Waals surface area contributed by atoms with Crippen LogP contribution in [0.2, 0.25) is 5.02 Å². The van der Waals surface area contributed by atoms with E-state index in [1.807, 2.05) is 56.3 Å². The Hall–Kier alpha value is -2.66. The molecule has 0 radical (unpaired) electrons. The maximum absolute atomic E-state index is 12.4. The second-order valence-corrected chi connectivity index (χ2v) is 7.61. The Morgan fingerprint density at radius 2 is 1.63 bits per heavy atom. The van der Waals surface area contributed by atoms with Crippen molar-refractivity contribution < 1.29 is 19.1 Å². The van der Waals surface area contributed by atoms with E-state index in [-0.39, 0.29) is 37.3 Å². The lowest BCUT2D eigenvalue weighted by Gasteiger charge is -2.17. The van der Waals surface area contributed by atoms with Gasteiger partial charge in [0.1, 0.15) is 6.61 Å². The summed E-state index contributed by atoms with van der Waals surface area (Å²) in [6.07, 6.45) is 0.155. The zero-order chi connectivity index (χ0) is 21.9. The molecule has 160 valence electrons. The number of halogens is 1. The van der Waals surface area contributed by atoms with Crippen molar-refractivity contribution in [2.75, 3.05) is 6.61 Å². The monoisotopic (exact) mass is 429 g/mol. The molecule has 0 heterocycles. The zero-order valence-electron chi connectivity index (χ0n) is 17.6. The number of hydrogen-bond donors (Lipinski definition) is 0. The van der Waals surface area contributed by atoms with Crippen LogP contribution in [0.1, 0.15) is 50.8 Å². The summed E-state index contributed by atoms with van der Waals surface area (Å²) < 4.78 is 10.5. The Kier molecular flexibility index (Phi) is 9.55. The first-order valence-corrected chi connectivity index (χ1v) is 10.4. The van der Waals surface area contributed by atoms with E-state index in [1.54, 1.807) is 19.1 Å². The molecular formula is C24H28ClNO4. The van der Waals surface area contributed by atoms with Crippen molar-refractivity contribution in [2.45, 2.75) is 46.3 Å². The van der Waals surface area contributed by atoms with Crippen LogP contribution in [0.4, 0.5) is 0 Å². The SMILES string of the molecule is CCOC(=O)CC(N=C(CC(=O)OCc1ccccc1)C(C)C)c1ccc(Cl)cc1. The topological polar surface area (TPSA) is 65.0 Å². The number of esters is 2. The molecule has 30 heavy (non-hydrogen) atoms. The van der Waals surface area contributed by atoms with E-state index in [0.29, 0.717) is 17.3 Å². The van der Waals surface area contributed by atoms with Crippen molar-refractivity contribution in [1.29, 1.82) is 0 Å². The van der Waals surface area contributed by atoms with E-state index in [4.69, 9.17) is 26.1 Å². The van der Waals surface area contributed by atoms with Gasteiger partial charge >= 0.3 is 11.9 Å². The van der Waals surface area contributed by atoms with Gasteiger partial charge < -0.3 is 9.47 Å². The first-order valence-electron chi connectivity index (χ1n) is 10.1. The predicted octanol–water partition coefficient (Wildman–Crippen LogP) is 5.56. The number of rotatable bonds is 10. The Morgan fingerprint density at radius 3 is 2.23 bits per heavy atom. The summed E-state index contributed by atoms with van der Waals surface area (Å²) in [5, 5.41) is 0.603. The minimum absolute atomic E-state index is 0.0197. The van der Waals surface area contributed by atoms with Gasteiger partial charge in [-0.1, -0.05) is 67.9 Å². The highest BCUT2D eigenvalue weighted by Gasteiger charge is 2.20. The highest BCUT2D eigenvalue weighted by Crippen LogP contribution is 2.25. The van der Waals surface area contributed by atoms with Crippen molar-refractivity contribution in [2.24, 2.45) is 10.9 Å². The van der Waals surface area contributed by atoms with E-state index in [9.17, 15) is 9.59 Å². The van der Waals surface area contributed by atoms with Gasteiger partial charge in [0.15, 0.2) is 0 Å². The summed E-state index contributed by atoms with van der Waals surface area (Å²) >= 11 is 5.99. The summed E-state index contributed by atoms with van der Waals surface area (Å²) in [7, 11) is 0. The fourth-order valence-electron chi connectivity index (χ4n) is 2.84. The van der Waals surface area contributed by atoms with Gasteiger partial charge in [0.05, 0.1) is 25.5 Å². The molecule has 2 aromatic carbocycles. The molecule has 0 saturated heterocycles. The molecule has 0 saturated carbocycles. The largest absolute Gasteiger partial charge is 0.466 e. The van der Waals surface area contributed by atoms with Crippen LogP contribution in [-0.2, 0) is 25.7 Å². The van der Waals surface area contributed by atoms with Crippen LogP contribution in [-0.4, -0.2) is 24.3 Å². The number of carbonyl (C=O) groups excluding carboxylic acids is 2. The molecule has 0 amide bonds. The molecule has 0 aliphatic rings. The normalized spacial score (nSPS) is 12.5. The van der Waals surface area contributed by atoms with E-state index in [0.717, 1.165) is 11.1 Å². The third-order valence-corrected chi connectivity index (χ3v) is 4.73. The molecule has 1 unspecified atom stereocenters. The van der Waals surface area contributed by atoms with Crippen LogP contribution >= 0.6 is 11.6 Å².